The summed E-state index contributed by atoms with van der Waals surface area (Å²) in [5.41, 5.74) is -0.506. The van der Waals surface area contributed by atoms with Gasteiger partial charge in [0.25, 0.3) is 5.91 Å². The third-order valence-corrected chi connectivity index (χ3v) is 3.09. The van der Waals surface area contributed by atoms with Crippen LogP contribution >= 0.6 is 0 Å². The lowest BCUT2D eigenvalue weighted by Gasteiger charge is -2.22. The van der Waals surface area contributed by atoms with Crippen LogP contribution in [0.5, 0.6) is 0 Å². The Morgan fingerprint density at radius 1 is 1.20 bits per heavy atom. The van der Waals surface area contributed by atoms with Crippen molar-refractivity contribution in [3.8, 4) is 0 Å². The van der Waals surface area contributed by atoms with Crippen LogP contribution in [0.15, 0.2) is 12.1 Å². The van der Waals surface area contributed by atoms with Gasteiger partial charge in [0, 0.05) is 0 Å². The van der Waals surface area contributed by atoms with Crippen molar-refractivity contribution in [2.75, 3.05) is 11.9 Å². The van der Waals surface area contributed by atoms with Crippen LogP contribution in [-0.2, 0) is 14.3 Å². The van der Waals surface area contributed by atoms with E-state index in [-0.39, 0.29) is 5.92 Å². The fourth-order valence-corrected chi connectivity index (χ4v) is 1.71. The van der Waals surface area contributed by atoms with Crippen molar-refractivity contribution in [3.63, 3.8) is 0 Å². The van der Waals surface area contributed by atoms with E-state index in [2.05, 4.69) is 0 Å². The van der Waals surface area contributed by atoms with Gasteiger partial charge < -0.3 is 10.1 Å². The van der Waals surface area contributed by atoms with Gasteiger partial charge in [0.15, 0.2) is 24.1 Å². The molecule has 0 unspecified atom stereocenters. The molecule has 1 aromatic carbocycles. The van der Waals surface area contributed by atoms with Crippen molar-refractivity contribution in [3.05, 3.63) is 29.6 Å². The summed E-state index contributed by atoms with van der Waals surface area (Å²) in [6, 6.07) is 1.58. The highest BCUT2D eigenvalue weighted by atomic mass is 19.2. The van der Waals surface area contributed by atoms with Gasteiger partial charge in [-0.25, -0.2) is 13.2 Å². The average Bonchev–Trinajstić information content (AvgIpc) is 2.35. The predicted octanol–water partition coefficient (Wildman–Crippen LogP) is 2.39. The fraction of sp³-hybridized carbons (Fsp3) is 0.385. The molecule has 7 heteroatoms. The summed E-state index contributed by atoms with van der Waals surface area (Å²) in [4.78, 5) is 22.8. The maximum Gasteiger partial charge on any atom is 0.309 e. The monoisotopic (exact) mass is 287 g/mol. The Labute approximate surface area is 112 Å². The van der Waals surface area contributed by atoms with Crippen molar-refractivity contribution in [1.29, 1.82) is 0 Å². The van der Waals surface area contributed by atoms with Crippen LogP contribution in [0.1, 0.15) is 19.3 Å². The molecule has 1 N–H and O–H groups in total. The molecule has 108 valence electrons. The lowest BCUT2D eigenvalue weighted by Crippen LogP contribution is -2.28. The SMILES string of the molecule is O=C(COC(=O)C1CCC1)Nc1ccc(F)c(F)c1F. The highest BCUT2D eigenvalue weighted by molar-refractivity contribution is 5.93. The number of rotatable bonds is 4. The van der Waals surface area contributed by atoms with E-state index in [0.717, 1.165) is 25.3 Å². The number of amides is 1. The van der Waals surface area contributed by atoms with Gasteiger partial charge >= 0.3 is 5.97 Å². The number of nitrogens with one attached hydrogen (secondary N) is 1. The minimum Gasteiger partial charge on any atom is -0.455 e. The molecule has 1 aliphatic carbocycles. The molecule has 1 fully saturated rings. The van der Waals surface area contributed by atoms with Gasteiger partial charge in [-0.15, -0.1) is 0 Å². The van der Waals surface area contributed by atoms with Gasteiger partial charge in [0.2, 0.25) is 0 Å². The van der Waals surface area contributed by atoms with E-state index in [0.29, 0.717) is 6.07 Å². The molecule has 20 heavy (non-hydrogen) atoms. The predicted molar refractivity (Wildman–Crippen MR) is 63.2 cm³/mol. The number of carbonyl (C=O) groups is 2. The third kappa shape index (κ3) is 3.09. The Bertz CT molecular complexity index is 544. The van der Waals surface area contributed by atoms with E-state index in [9.17, 15) is 22.8 Å². The molecule has 2 rings (SSSR count). The average molecular weight is 287 g/mol. The van der Waals surface area contributed by atoms with E-state index in [1.807, 2.05) is 5.32 Å². The van der Waals surface area contributed by atoms with Crippen LogP contribution in [-0.4, -0.2) is 18.5 Å². The summed E-state index contributed by atoms with van der Waals surface area (Å²) < 4.78 is 43.6. The number of benzene rings is 1. The summed E-state index contributed by atoms with van der Waals surface area (Å²) in [5.74, 6) is -5.99. The van der Waals surface area contributed by atoms with Crippen molar-refractivity contribution >= 4 is 17.6 Å². The Hall–Kier alpha value is -2.05. The molecule has 0 atom stereocenters. The van der Waals surface area contributed by atoms with Crippen LogP contribution in [0.3, 0.4) is 0 Å². The molecule has 0 heterocycles. The maximum atomic E-state index is 13.3. The second-order valence-corrected chi connectivity index (χ2v) is 4.51. The molecule has 1 aliphatic rings. The van der Waals surface area contributed by atoms with Crippen LogP contribution in [0, 0.1) is 23.4 Å². The number of hydrogen-bond acceptors (Lipinski definition) is 3. The molecule has 0 aromatic heterocycles. The van der Waals surface area contributed by atoms with Crippen molar-refractivity contribution in [2.24, 2.45) is 5.92 Å². The van der Waals surface area contributed by atoms with Crippen LogP contribution in [0.4, 0.5) is 18.9 Å². The number of carbonyl (C=O) groups excluding carboxylic acids is 2. The van der Waals surface area contributed by atoms with Crippen molar-refractivity contribution in [2.45, 2.75) is 19.3 Å². The maximum absolute atomic E-state index is 13.3. The molecular formula is C13H12F3NO3. The normalized spacial score (nSPS) is 14.6. The second-order valence-electron chi connectivity index (χ2n) is 4.51. The molecular weight excluding hydrogens is 275 g/mol. The summed E-state index contributed by atoms with van der Waals surface area (Å²) in [5, 5.41) is 2.01. The lowest BCUT2D eigenvalue weighted by atomic mass is 9.86. The number of halogens is 3. The molecule has 0 radical (unpaired) electrons. The number of anilines is 1. The molecule has 0 bridgehead atoms. The first-order chi connectivity index (χ1) is 9.49. The number of esters is 1. The second kappa shape index (κ2) is 5.94. The first-order valence-electron chi connectivity index (χ1n) is 6.09. The Kier molecular flexibility index (Phi) is 4.26. The molecule has 1 amide bonds. The van der Waals surface area contributed by atoms with Crippen LogP contribution < -0.4 is 5.32 Å². The molecule has 0 saturated heterocycles. The quantitative estimate of drug-likeness (QED) is 0.683. The van der Waals surface area contributed by atoms with E-state index >= 15 is 0 Å². The van der Waals surface area contributed by atoms with Crippen LogP contribution in [0.2, 0.25) is 0 Å². The molecule has 0 spiro atoms. The zero-order valence-corrected chi connectivity index (χ0v) is 10.4. The number of hydrogen-bond donors (Lipinski definition) is 1. The van der Waals surface area contributed by atoms with Gasteiger partial charge in [-0.3, -0.25) is 9.59 Å². The van der Waals surface area contributed by atoms with Crippen LogP contribution in [0.25, 0.3) is 0 Å². The topological polar surface area (TPSA) is 55.4 Å². The fourth-order valence-electron chi connectivity index (χ4n) is 1.71. The van der Waals surface area contributed by atoms with Gasteiger partial charge in [-0.2, -0.15) is 0 Å². The summed E-state index contributed by atoms with van der Waals surface area (Å²) in [6.07, 6.45) is 2.42. The standard InChI is InChI=1S/C13H12F3NO3/c14-8-4-5-9(12(16)11(8)15)17-10(18)6-20-13(19)7-2-1-3-7/h4-5,7H,1-3,6H2,(H,17,18). The molecule has 0 aliphatic heterocycles. The van der Waals surface area contributed by atoms with Crippen molar-refractivity contribution in [1.82, 2.24) is 0 Å². The smallest absolute Gasteiger partial charge is 0.309 e. The van der Waals surface area contributed by atoms with E-state index in [4.69, 9.17) is 4.74 Å². The summed E-state index contributed by atoms with van der Waals surface area (Å²) in [7, 11) is 0. The van der Waals surface area contributed by atoms with Crippen molar-refractivity contribution < 1.29 is 27.5 Å². The van der Waals surface area contributed by atoms with E-state index in [1.54, 1.807) is 0 Å². The summed E-state index contributed by atoms with van der Waals surface area (Å²) in [6.45, 7) is -0.590. The Morgan fingerprint density at radius 2 is 1.90 bits per heavy atom. The van der Waals surface area contributed by atoms with E-state index < -0.39 is 41.6 Å². The van der Waals surface area contributed by atoms with Gasteiger partial charge in [0.1, 0.15) is 0 Å². The first-order valence-corrected chi connectivity index (χ1v) is 6.09. The van der Waals surface area contributed by atoms with Gasteiger partial charge in [-0.05, 0) is 25.0 Å². The Morgan fingerprint density at radius 3 is 2.50 bits per heavy atom. The highest BCUT2D eigenvalue weighted by Gasteiger charge is 2.27. The highest BCUT2D eigenvalue weighted by Crippen LogP contribution is 2.27. The first kappa shape index (κ1) is 14.4. The largest absolute Gasteiger partial charge is 0.455 e. The molecule has 1 aromatic rings. The number of ether oxygens (including phenoxy) is 1. The van der Waals surface area contributed by atoms with Gasteiger partial charge in [0.05, 0.1) is 11.6 Å². The minimum absolute atomic E-state index is 0.178. The molecule has 1 saturated carbocycles. The zero-order valence-electron chi connectivity index (χ0n) is 10.4. The molecule has 4 nitrogen and oxygen atoms in total. The Balaban J connectivity index is 1.88. The zero-order chi connectivity index (χ0) is 14.7. The summed E-state index contributed by atoms with van der Waals surface area (Å²) >= 11 is 0. The van der Waals surface area contributed by atoms with Gasteiger partial charge in [-0.1, -0.05) is 6.42 Å². The third-order valence-electron chi connectivity index (χ3n) is 3.09. The minimum atomic E-state index is -1.67. The lowest BCUT2D eigenvalue weighted by molar-refractivity contribution is -0.154. The van der Waals surface area contributed by atoms with E-state index in [1.165, 1.54) is 0 Å².